The molecule has 2 saturated carbocycles. The maximum Gasteiger partial charge on any atom is 0.227 e. The molecule has 3 heterocycles. The van der Waals surface area contributed by atoms with Crippen LogP contribution in [0.1, 0.15) is 71.6 Å². The van der Waals surface area contributed by atoms with Crippen molar-refractivity contribution in [3.63, 3.8) is 0 Å². The topological polar surface area (TPSA) is 82.4 Å². The van der Waals surface area contributed by atoms with Crippen LogP contribution < -0.4 is 21.8 Å². The summed E-state index contributed by atoms with van der Waals surface area (Å²) in [5.41, 5.74) is 9.97. The Morgan fingerprint density at radius 2 is 1.75 bits per heavy atom. The number of nitrogens with one attached hydrogen (secondary N) is 3. The molecule has 0 radical (unpaired) electrons. The van der Waals surface area contributed by atoms with Crippen LogP contribution in [0.15, 0.2) is 0 Å². The lowest BCUT2D eigenvalue weighted by atomic mass is 9.64. The molecule has 3 aliphatic heterocycles. The summed E-state index contributed by atoms with van der Waals surface area (Å²) in [5, 5.41) is 9.52. The third-order valence-corrected chi connectivity index (χ3v) is 8.86. The smallest absolute Gasteiger partial charge is 0.227 e. The van der Waals surface area contributed by atoms with Crippen LogP contribution in [0.5, 0.6) is 0 Å². The number of hydrazine groups is 1. The van der Waals surface area contributed by atoms with E-state index in [9.17, 15) is 4.79 Å². The average molecular weight is 390 g/mol. The lowest BCUT2D eigenvalue weighted by Crippen LogP contribution is -2.57. The Balaban J connectivity index is 1.40. The summed E-state index contributed by atoms with van der Waals surface area (Å²) >= 11 is 0. The van der Waals surface area contributed by atoms with Crippen LogP contribution in [0.3, 0.4) is 0 Å². The third-order valence-electron chi connectivity index (χ3n) is 8.86. The van der Waals surface area contributed by atoms with E-state index in [4.69, 9.17) is 5.73 Å². The van der Waals surface area contributed by atoms with Gasteiger partial charge in [-0.15, -0.1) is 0 Å². The fraction of sp³-hybridized carbons (Fsp3) is 0.955. The van der Waals surface area contributed by atoms with Crippen LogP contribution in [-0.2, 0) is 4.79 Å². The Morgan fingerprint density at radius 1 is 1.00 bits per heavy atom. The van der Waals surface area contributed by atoms with E-state index in [1.807, 2.05) is 0 Å². The number of nitrogens with zero attached hydrogens (tertiary/aromatic N) is 1. The molecule has 5 aliphatic rings. The molecule has 0 aromatic heterocycles. The molecule has 1 amide bonds. The van der Waals surface area contributed by atoms with Gasteiger partial charge < -0.3 is 11.1 Å². The molecular weight excluding hydrogens is 350 g/mol. The number of piperidine rings is 1. The van der Waals surface area contributed by atoms with Crippen LogP contribution >= 0.6 is 0 Å². The molecule has 5 rings (SSSR count). The normalized spacial score (nSPS) is 48.8. The van der Waals surface area contributed by atoms with Gasteiger partial charge in [-0.05, 0) is 63.3 Å². The molecule has 6 unspecified atom stereocenters. The number of amides is 1. The first-order valence-corrected chi connectivity index (χ1v) is 11.8. The minimum Gasteiger partial charge on any atom is -0.340 e. The van der Waals surface area contributed by atoms with Gasteiger partial charge in [0.15, 0.2) is 0 Å². The van der Waals surface area contributed by atoms with E-state index >= 15 is 0 Å². The van der Waals surface area contributed by atoms with Crippen LogP contribution in [0.25, 0.3) is 0 Å². The summed E-state index contributed by atoms with van der Waals surface area (Å²) in [6, 6.07) is 2.24. The Bertz CT molecular complexity index is 602. The lowest BCUT2D eigenvalue weighted by Gasteiger charge is -2.44. The van der Waals surface area contributed by atoms with Gasteiger partial charge in [0.2, 0.25) is 5.91 Å². The number of hydrogen-bond donors (Lipinski definition) is 4. The molecule has 0 aromatic carbocycles. The van der Waals surface area contributed by atoms with Gasteiger partial charge in [0.25, 0.3) is 0 Å². The van der Waals surface area contributed by atoms with Gasteiger partial charge in [0.1, 0.15) is 0 Å². The fourth-order valence-corrected chi connectivity index (χ4v) is 7.37. The average Bonchev–Trinajstić information content (AvgIpc) is 3.18. The van der Waals surface area contributed by atoms with E-state index in [1.54, 1.807) is 0 Å². The second-order valence-electron chi connectivity index (χ2n) is 10.8. The van der Waals surface area contributed by atoms with Gasteiger partial charge in [-0.25, -0.2) is 5.01 Å². The molecule has 2 aliphatic carbocycles. The number of rotatable bonds is 2. The van der Waals surface area contributed by atoms with Crippen molar-refractivity contribution in [2.24, 2.45) is 28.9 Å². The van der Waals surface area contributed by atoms with Gasteiger partial charge in [-0.2, -0.15) is 0 Å². The van der Waals surface area contributed by atoms with Gasteiger partial charge in [-0.1, -0.05) is 26.7 Å². The minimum absolute atomic E-state index is 0.145. The highest BCUT2D eigenvalue weighted by atomic mass is 16.2. The van der Waals surface area contributed by atoms with Crippen molar-refractivity contribution < 1.29 is 4.79 Å². The highest BCUT2D eigenvalue weighted by Gasteiger charge is 2.58. The largest absolute Gasteiger partial charge is 0.340 e. The quantitative estimate of drug-likeness (QED) is 0.578. The summed E-state index contributed by atoms with van der Waals surface area (Å²) in [6.45, 7) is 5.32. The highest BCUT2D eigenvalue weighted by molar-refractivity contribution is 5.85. The monoisotopic (exact) mass is 389 g/mol. The van der Waals surface area contributed by atoms with E-state index in [-0.39, 0.29) is 17.5 Å². The molecule has 158 valence electrons. The van der Waals surface area contributed by atoms with Crippen LogP contribution in [-0.4, -0.2) is 47.8 Å². The first kappa shape index (κ1) is 19.3. The van der Waals surface area contributed by atoms with Crippen molar-refractivity contribution >= 4 is 5.91 Å². The SMILES string of the molecule is CC1(C)C(=O)NC2NCCC(C3NN(C4CCC(N)CC4)C4CCCCC34)C21. The first-order chi connectivity index (χ1) is 13.5. The van der Waals surface area contributed by atoms with Crippen LogP contribution in [0.2, 0.25) is 0 Å². The van der Waals surface area contributed by atoms with Gasteiger partial charge in [0.05, 0.1) is 6.17 Å². The van der Waals surface area contributed by atoms with Gasteiger partial charge in [0, 0.05) is 35.5 Å². The molecule has 3 saturated heterocycles. The van der Waals surface area contributed by atoms with E-state index < -0.39 is 0 Å². The molecule has 5 N–H and O–H groups in total. The summed E-state index contributed by atoms with van der Waals surface area (Å²) < 4.78 is 0. The van der Waals surface area contributed by atoms with E-state index in [1.165, 1.54) is 44.9 Å². The molecule has 28 heavy (non-hydrogen) atoms. The van der Waals surface area contributed by atoms with Crippen molar-refractivity contribution in [3.05, 3.63) is 0 Å². The summed E-state index contributed by atoms with van der Waals surface area (Å²) in [7, 11) is 0. The lowest BCUT2D eigenvalue weighted by molar-refractivity contribution is -0.127. The maximum atomic E-state index is 12.7. The van der Waals surface area contributed by atoms with E-state index in [0.717, 1.165) is 25.3 Å². The molecular formula is C22H39N5O. The van der Waals surface area contributed by atoms with Crippen molar-refractivity contribution in [2.45, 2.75) is 102 Å². The number of carbonyl (C=O) groups is 1. The molecule has 0 spiro atoms. The highest BCUT2D eigenvalue weighted by Crippen LogP contribution is 2.49. The van der Waals surface area contributed by atoms with Gasteiger partial charge in [-0.3, -0.25) is 15.5 Å². The number of hydrogen-bond acceptors (Lipinski definition) is 5. The predicted octanol–water partition coefficient (Wildman–Crippen LogP) is 1.71. The first-order valence-electron chi connectivity index (χ1n) is 11.8. The molecule has 6 heteroatoms. The predicted molar refractivity (Wildman–Crippen MR) is 110 cm³/mol. The molecule has 5 fully saturated rings. The van der Waals surface area contributed by atoms with Crippen LogP contribution in [0.4, 0.5) is 0 Å². The molecule has 0 bridgehead atoms. The zero-order valence-electron chi connectivity index (χ0n) is 17.6. The molecule has 6 atom stereocenters. The Kier molecular flexibility index (Phi) is 4.97. The summed E-state index contributed by atoms with van der Waals surface area (Å²) in [4.78, 5) is 12.7. The van der Waals surface area contributed by atoms with Crippen molar-refractivity contribution in [1.82, 2.24) is 21.1 Å². The Labute approximate surface area is 169 Å². The standard InChI is InChI=1S/C22H39N5O/c1-22(2)18-16(11-12-24-20(18)25-21(22)28)19-15-5-3-4-6-17(15)27(26-19)14-9-7-13(23)8-10-14/h13-20,24,26H,3-12,23H2,1-2H3,(H,25,28). The zero-order valence-corrected chi connectivity index (χ0v) is 17.6. The number of nitrogens with two attached hydrogens (primary N) is 1. The third kappa shape index (κ3) is 3.03. The second-order valence-corrected chi connectivity index (χ2v) is 10.8. The molecule has 6 nitrogen and oxygen atoms in total. The Morgan fingerprint density at radius 3 is 2.54 bits per heavy atom. The number of fused-ring (bicyclic) bond motifs is 2. The fourth-order valence-electron chi connectivity index (χ4n) is 7.37. The maximum absolute atomic E-state index is 12.7. The van der Waals surface area contributed by atoms with Crippen molar-refractivity contribution in [1.29, 1.82) is 0 Å². The van der Waals surface area contributed by atoms with E-state index in [0.29, 0.717) is 36.0 Å². The summed E-state index contributed by atoms with van der Waals surface area (Å²) in [5.74, 6) is 1.88. The number of carbonyl (C=O) groups excluding carboxylic acids is 1. The van der Waals surface area contributed by atoms with Crippen molar-refractivity contribution in [3.8, 4) is 0 Å². The van der Waals surface area contributed by atoms with Gasteiger partial charge >= 0.3 is 0 Å². The molecule has 0 aromatic rings. The Hall–Kier alpha value is -0.690. The second kappa shape index (κ2) is 7.22. The zero-order chi connectivity index (χ0) is 19.5. The van der Waals surface area contributed by atoms with Crippen LogP contribution in [0, 0.1) is 23.2 Å². The van der Waals surface area contributed by atoms with Crippen molar-refractivity contribution in [2.75, 3.05) is 6.54 Å². The minimum atomic E-state index is -0.292. The van der Waals surface area contributed by atoms with E-state index in [2.05, 4.69) is 34.9 Å². The summed E-state index contributed by atoms with van der Waals surface area (Å²) in [6.07, 6.45) is 11.5.